The summed E-state index contributed by atoms with van der Waals surface area (Å²) >= 11 is 3.44. The molecular formula is C16H17BrFN. The molecule has 2 rings (SSSR count). The van der Waals surface area contributed by atoms with Gasteiger partial charge in [-0.25, -0.2) is 4.39 Å². The summed E-state index contributed by atoms with van der Waals surface area (Å²) in [6.07, 6.45) is 0.944. The van der Waals surface area contributed by atoms with E-state index in [2.05, 4.69) is 45.5 Å². The fourth-order valence-corrected chi connectivity index (χ4v) is 2.46. The molecule has 1 nitrogen and oxygen atoms in total. The van der Waals surface area contributed by atoms with Gasteiger partial charge in [0.1, 0.15) is 5.82 Å². The number of rotatable bonds is 5. The van der Waals surface area contributed by atoms with Crippen LogP contribution < -0.4 is 5.32 Å². The molecular weight excluding hydrogens is 305 g/mol. The Bertz CT molecular complexity index is 507. The lowest BCUT2D eigenvalue weighted by atomic mass is 9.92. The van der Waals surface area contributed by atoms with Crippen molar-refractivity contribution in [2.24, 2.45) is 0 Å². The second-order valence-electron chi connectivity index (χ2n) is 4.64. The average molecular weight is 322 g/mol. The van der Waals surface area contributed by atoms with E-state index in [-0.39, 0.29) is 5.82 Å². The van der Waals surface area contributed by atoms with Crippen LogP contribution in [0, 0.1) is 5.82 Å². The summed E-state index contributed by atoms with van der Waals surface area (Å²) in [5.41, 5.74) is 2.45. The highest BCUT2D eigenvalue weighted by atomic mass is 79.9. The minimum atomic E-state index is -0.185. The molecule has 3 heteroatoms. The molecule has 100 valence electrons. The van der Waals surface area contributed by atoms with E-state index in [1.54, 1.807) is 0 Å². The quantitative estimate of drug-likeness (QED) is 0.873. The zero-order valence-corrected chi connectivity index (χ0v) is 12.5. The monoisotopic (exact) mass is 321 g/mol. The lowest BCUT2D eigenvalue weighted by Gasteiger charge is -2.17. The standard InChI is InChI=1S/C16H17BrFN/c1-19-11-14(13-4-8-16(18)9-5-13)10-12-2-6-15(17)7-3-12/h2-9,14,19H,10-11H2,1H3. The van der Waals surface area contributed by atoms with Gasteiger partial charge in [-0.1, -0.05) is 40.2 Å². The third-order valence-electron chi connectivity index (χ3n) is 3.19. The van der Waals surface area contributed by atoms with E-state index in [1.165, 1.54) is 23.3 Å². The van der Waals surface area contributed by atoms with Gasteiger partial charge in [-0.05, 0) is 48.9 Å². The summed E-state index contributed by atoms with van der Waals surface area (Å²) in [7, 11) is 1.94. The molecule has 0 aromatic heterocycles. The van der Waals surface area contributed by atoms with Gasteiger partial charge in [0.25, 0.3) is 0 Å². The Morgan fingerprint density at radius 1 is 1.05 bits per heavy atom. The van der Waals surface area contributed by atoms with Crippen molar-refractivity contribution in [3.05, 3.63) is 69.9 Å². The molecule has 0 aliphatic rings. The summed E-state index contributed by atoms with van der Waals surface area (Å²) in [5, 5.41) is 3.21. The summed E-state index contributed by atoms with van der Waals surface area (Å²) in [6, 6.07) is 15.1. The van der Waals surface area contributed by atoms with Crippen LogP contribution in [-0.4, -0.2) is 13.6 Å². The first-order valence-electron chi connectivity index (χ1n) is 6.33. The predicted octanol–water partition coefficient (Wildman–Crippen LogP) is 4.13. The van der Waals surface area contributed by atoms with Crippen molar-refractivity contribution < 1.29 is 4.39 Å². The molecule has 2 aromatic rings. The molecule has 1 unspecified atom stereocenters. The molecule has 1 atom stereocenters. The number of likely N-dealkylation sites (N-methyl/N-ethyl adjacent to an activating group) is 1. The predicted molar refractivity (Wildman–Crippen MR) is 80.9 cm³/mol. The SMILES string of the molecule is CNCC(Cc1ccc(Br)cc1)c1ccc(F)cc1. The number of halogens is 2. The zero-order valence-electron chi connectivity index (χ0n) is 10.9. The Morgan fingerprint density at radius 3 is 2.26 bits per heavy atom. The normalized spacial score (nSPS) is 12.4. The van der Waals surface area contributed by atoms with E-state index < -0.39 is 0 Å². The fourth-order valence-electron chi connectivity index (χ4n) is 2.19. The van der Waals surface area contributed by atoms with Crippen molar-refractivity contribution >= 4 is 15.9 Å². The maximum Gasteiger partial charge on any atom is 0.123 e. The molecule has 19 heavy (non-hydrogen) atoms. The van der Waals surface area contributed by atoms with Crippen molar-refractivity contribution in [2.75, 3.05) is 13.6 Å². The van der Waals surface area contributed by atoms with Crippen molar-refractivity contribution in [1.29, 1.82) is 0 Å². The number of hydrogen-bond acceptors (Lipinski definition) is 1. The van der Waals surface area contributed by atoms with Crippen LogP contribution in [0.5, 0.6) is 0 Å². The van der Waals surface area contributed by atoms with Crippen LogP contribution in [0.4, 0.5) is 4.39 Å². The van der Waals surface area contributed by atoms with Crippen molar-refractivity contribution in [1.82, 2.24) is 5.32 Å². The van der Waals surface area contributed by atoms with Gasteiger partial charge in [0.05, 0.1) is 0 Å². The highest BCUT2D eigenvalue weighted by Gasteiger charge is 2.11. The van der Waals surface area contributed by atoms with Gasteiger partial charge < -0.3 is 5.32 Å². The van der Waals surface area contributed by atoms with Gasteiger partial charge >= 0.3 is 0 Å². The van der Waals surface area contributed by atoms with Gasteiger partial charge in [0.15, 0.2) is 0 Å². The molecule has 0 saturated heterocycles. The molecule has 0 aliphatic carbocycles. The van der Waals surface area contributed by atoms with Crippen molar-refractivity contribution in [3.63, 3.8) is 0 Å². The van der Waals surface area contributed by atoms with Crippen molar-refractivity contribution in [3.8, 4) is 0 Å². The van der Waals surface area contributed by atoms with E-state index in [4.69, 9.17) is 0 Å². The number of nitrogens with one attached hydrogen (secondary N) is 1. The fraction of sp³-hybridized carbons (Fsp3) is 0.250. The lowest BCUT2D eigenvalue weighted by molar-refractivity contribution is 0.611. The second-order valence-corrected chi connectivity index (χ2v) is 5.55. The van der Waals surface area contributed by atoms with Gasteiger partial charge in [-0.3, -0.25) is 0 Å². The topological polar surface area (TPSA) is 12.0 Å². The first kappa shape index (κ1) is 14.2. The van der Waals surface area contributed by atoms with E-state index in [1.807, 2.05) is 19.2 Å². The van der Waals surface area contributed by atoms with Gasteiger partial charge in [0, 0.05) is 16.9 Å². The number of hydrogen-bond donors (Lipinski definition) is 1. The van der Waals surface area contributed by atoms with Crippen LogP contribution in [0.15, 0.2) is 53.0 Å². The Kier molecular flexibility index (Phi) is 5.11. The molecule has 0 saturated carbocycles. The average Bonchev–Trinajstić information content (AvgIpc) is 2.42. The van der Waals surface area contributed by atoms with E-state index in [0.29, 0.717) is 5.92 Å². The van der Waals surface area contributed by atoms with Gasteiger partial charge in [0.2, 0.25) is 0 Å². The van der Waals surface area contributed by atoms with E-state index in [9.17, 15) is 4.39 Å². The Hall–Kier alpha value is -1.19. The molecule has 0 aliphatic heterocycles. The molecule has 1 N–H and O–H groups in total. The van der Waals surface area contributed by atoms with Crippen LogP contribution in [0.1, 0.15) is 17.0 Å². The second kappa shape index (κ2) is 6.83. The first-order valence-corrected chi connectivity index (χ1v) is 7.13. The van der Waals surface area contributed by atoms with Gasteiger partial charge in [-0.2, -0.15) is 0 Å². The molecule has 0 radical (unpaired) electrons. The third kappa shape index (κ3) is 4.15. The Morgan fingerprint density at radius 2 is 1.68 bits per heavy atom. The summed E-state index contributed by atoms with van der Waals surface area (Å²) in [4.78, 5) is 0. The van der Waals surface area contributed by atoms with Crippen molar-refractivity contribution in [2.45, 2.75) is 12.3 Å². The summed E-state index contributed by atoms with van der Waals surface area (Å²) in [5.74, 6) is 0.169. The minimum Gasteiger partial charge on any atom is -0.319 e. The summed E-state index contributed by atoms with van der Waals surface area (Å²) in [6.45, 7) is 0.877. The Labute approximate surface area is 122 Å². The molecule has 0 heterocycles. The van der Waals surface area contributed by atoms with E-state index in [0.717, 1.165) is 17.4 Å². The molecule has 2 aromatic carbocycles. The van der Waals surface area contributed by atoms with Gasteiger partial charge in [-0.15, -0.1) is 0 Å². The summed E-state index contributed by atoms with van der Waals surface area (Å²) < 4.78 is 14.1. The first-order chi connectivity index (χ1) is 9.19. The zero-order chi connectivity index (χ0) is 13.7. The van der Waals surface area contributed by atoms with E-state index >= 15 is 0 Å². The highest BCUT2D eigenvalue weighted by molar-refractivity contribution is 9.10. The molecule has 0 spiro atoms. The maximum absolute atomic E-state index is 13.0. The van der Waals surface area contributed by atoms with Crippen LogP contribution in [0.25, 0.3) is 0 Å². The number of benzene rings is 2. The Balaban J connectivity index is 2.15. The third-order valence-corrected chi connectivity index (χ3v) is 3.72. The van der Waals surface area contributed by atoms with Crippen LogP contribution in [0.3, 0.4) is 0 Å². The molecule has 0 amide bonds. The highest BCUT2D eigenvalue weighted by Crippen LogP contribution is 2.22. The van der Waals surface area contributed by atoms with Crippen LogP contribution in [0.2, 0.25) is 0 Å². The van der Waals surface area contributed by atoms with Crippen LogP contribution >= 0.6 is 15.9 Å². The van der Waals surface area contributed by atoms with Crippen LogP contribution in [-0.2, 0) is 6.42 Å². The maximum atomic E-state index is 13.0. The molecule has 0 bridgehead atoms. The molecule has 0 fully saturated rings. The minimum absolute atomic E-state index is 0.185. The smallest absolute Gasteiger partial charge is 0.123 e. The largest absolute Gasteiger partial charge is 0.319 e. The lowest BCUT2D eigenvalue weighted by Crippen LogP contribution is -2.19.